The Morgan fingerprint density at radius 2 is 2.00 bits per heavy atom. The molecule has 0 atom stereocenters. The minimum Gasteiger partial charge on any atom is -0.421 e. The molecule has 0 bridgehead atoms. The predicted molar refractivity (Wildman–Crippen MR) is 74.7 cm³/mol. The summed E-state index contributed by atoms with van der Waals surface area (Å²) in [6.45, 7) is 2.21. The van der Waals surface area contributed by atoms with E-state index in [1.54, 1.807) is 6.07 Å². The van der Waals surface area contributed by atoms with E-state index < -0.39 is 5.63 Å². The van der Waals surface area contributed by atoms with Crippen LogP contribution in [0.25, 0.3) is 11.0 Å². The van der Waals surface area contributed by atoms with E-state index in [-0.39, 0.29) is 5.69 Å². The highest BCUT2D eigenvalue weighted by atomic mass is 16.4. The van der Waals surface area contributed by atoms with Crippen molar-refractivity contribution in [3.05, 3.63) is 40.2 Å². The Morgan fingerprint density at radius 1 is 1.17 bits per heavy atom. The van der Waals surface area contributed by atoms with Gasteiger partial charge in [-0.25, -0.2) is 4.79 Å². The third-order valence-electron chi connectivity index (χ3n) is 3.14. The van der Waals surface area contributed by atoms with Gasteiger partial charge in [0.1, 0.15) is 11.3 Å². The maximum Gasteiger partial charge on any atom is 0.359 e. The number of nitrogens with two attached hydrogens (primary N) is 1. The van der Waals surface area contributed by atoms with Crippen molar-refractivity contribution < 1.29 is 4.42 Å². The Labute approximate surface area is 107 Å². The smallest absolute Gasteiger partial charge is 0.359 e. The molecule has 0 saturated carbocycles. The molecule has 1 aromatic heterocycles. The SMILES string of the molecule is CCCCCCc1ccc2oc(=O)c(N)cc2c1. The molecule has 3 heteroatoms. The number of anilines is 1. The molecule has 1 heterocycles. The Bertz CT molecular complexity index is 587. The van der Waals surface area contributed by atoms with Crippen LogP contribution in [0.4, 0.5) is 5.69 Å². The average Bonchev–Trinajstić information content (AvgIpc) is 2.36. The van der Waals surface area contributed by atoms with E-state index in [9.17, 15) is 4.79 Å². The fraction of sp³-hybridized carbons (Fsp3) is 0.400. The molecule has 0 aliphatic heterocycles. The number of unbranched alkanes of at least 4 members (excludes halogenated alkanes) is 3. The second kappa shape index (κ2) is 5.71. The molecule has 0 spiro atoms. The second-order valence-electron chi connectivity index (χ2n) is 4.67. The van der Waals surface area contributed by atoms with Gasteiger partial charge in [0, 0.05) is 5.39 Å². The van der Waals surface area contributed by atoms with Crippen molar-refractivity contribution in [2.45, 2.75) is 39.0 Å². The third-order valence-corrected chi connectivity index (χ3v) is 3.14. The summed E-state index contributed by atoms with van der Waals surface area (Å²) < 4.78 is 5.11. The Balaban J connectivity index is 2.17. The van der Waals surface area contributed by atoms with Crippen LogP contribution in [0.5, 0.6) is 0 Å². The van der Waals surface area contributed by atoms with Crippen LogP contribution in [0, 0.1) is 0 Å². The van der Waals surface area contributed by atoms with Crippen LogP contribution >= 0.6 is 0 Å². The van der Waals surface area contributed by atoms with Crippen LogP contribution in [0.1, 0.15) is 38.2 Å². The van der Waals surface area contributed by atoms with Crippen LogP contribution in [0.15, 0.2) is 33.5 Å². The van der Waals surface area contributed by atoms with Gasteiger partial charge in [-0.05, 0) is 36.6 Å². The summed E-state index contributed by atoms with van der Waals surface area (Å²) in [6.07, 6.45) is 6.07. The first kappa shape index (κ1) is 12.7. The lowest BCUT2D eigenvalue weighted by atomic mass is 10.0. The third kappa shape index (κ3) is 2.92. The number of fused-ring (bicyclic) bond motifs is 1. The molecule has 0 unspecified atom stereocenters. The number of aryl methyl sites for hydroxylation is 1. The van der Waals surface area contributed by atoms with Crippen molar-refractivity contribution in [1.29, 1.82) is 0 Å². The zero-order valence-electron chi connectivity index (χ0n) is 10.7. The molecule has 1 aromatic carbocycles. The lowest BCUT2D eigenvalue weighted by molar-refractivity contribution is 0.564. The summed E-state index contributed by atoms with van der Waals surface area (Å²) in [4.78, 5) is 11.3. The van der Waals surface area contributed by atoms with E-state index in [1.807, 2.05) is 12.1 Å². The van der Waals surface area contributed by atoms with Gasteiger partial charge < -0.3 is 10.2 Å². The van der Waals surface area contributed by atoms with Gasteiger partial charge in [-0.15, -0.1) is 0 Å². The van der Waals surface area contributed by atoms with Gasteiger partial charge in [0.2, 0.25) is 0 Å². The fourth-order valence-corrected chi connectivity index (χ4v) is 2.10. The highest BCUT2D eigenvalue weighted by molar-refractivity contribution is 5.79. The zero-order chi connectivity index (χ0) is 13.0. The molecule has 3 nitrogen and oxygen atoms in total. The largest absolute Gasteiger partial charge is 0.421 e. The first-order chi connectivity index (χ1) is 8.70. The van der Waals surface area contributed by atoms with E-state index in [4.69, 9.17) is 10.2 Å². The lowest BCUT2D eigenvalue weighted by Gasteiger charge is -2.03. The van der Waals surface area contributed by atoms with Gasteiger partial charge in [-0.2, -0.15) is 0 Å². The van der Waals surface area contributed by atoms with Crippen LogP contribution in [-0.4, -0.2) is 0 Å². The Hall–Kier alpha value is -1.77. The van der Waals surface area contributed by atoms with Crippen molar-refractivity contribution in [3.63, 3.8) is 0 Å². The quantitative estimate of drug-likeness (QED) is 0.648. The average molecular weight is 245 g/mol. The van der Waals surface area contributed by atoms with Gasteiger partial charge in [-0.1, -0.05) is 32.3 Å². The highest BCUT2D eigenvalue weighted by Crippen LogP contribution is 2.18. The van der Waals surface area contributed by atoms with Crippen LogP contribution in [0.3, 0.4) is 0 Å². The molecule has 0 radical (unpaired) electrons. The number of hydrogen-bond acceptors (Lipinski definition) is 3. The molecule has 0 amide bonds. The van der Waals surface area contributed by atoms with Gasteiger partial charge >= 0.3 is 5.63 Å². The minimum absolute atomic E-state index is 0.172. The lowest BCUT2D eigenvalue weighted by Crippen LogP contribution is -2.05. The van der Waals surface area contributed by atoms with E-state index in [0.717, 1.165) is 11.8 Å². The summed E-state index contributed by atoms with van der Waals surface area (Å²) in [5, 5.41) is 0.903. The number of nitrogen functional groups attached to an aromatic ring is 1. The van der Waals surface area contributed by atoms with E-state index in [2.05, 4.69) is 13.0 Å². The highest BCUT2D eigenvalue weighted by Gasteiger charge is 2.03. The van der Waals surface area contributed by atoms with Gasteiger partial charge in [0.05, 0.1) is 0 Å². The molecule has 2 aromatic rings. The molecule has 0 fully saturated rings. The molecular weight excluding hydrogens is 226 g/mol. The molecule has 2 N–H and O–H groups in total. The van der Waals surface area contributed by atoms with E-state index in [0.29, 0.717) is 5.58 Å². The van der Waals surface area contributed by atoms with Gasteiger partial charge in [0.25, 0.3) is 0 Å². The summed E-state index contributed by atoms with van der Waals surface area (Å²) >= 11 is 0. The molecule has 18 heavy (non-hydrogen) atoms. The topological polar surface area (TPSA) is 56.2 Å². The first-order valence-electron chi connectivity index (χ1n) is 6.53. The van der Waals surface area contributed by atoms with Crippen molar-refractivity contribution in [2.75, 3.05) is 5.73 Å². The Morgan fingerprint density at radius 3 is 2.78 bits per heavy atom. The molecular formula is C15H19NO2. The molecule has 0 aliphatic carbocycles. The summed E-state index contributed by atoms with van der Waals surface area (Å²) in [5.74, 6) is 0. The summed E-state index contributed by atoms with van der Waals surface area (Å²) in [7, 11) is 0. The zero-order valence-corrected chi connectivity index (χ0v) is 10.7. The standard InChI is InChI=1S/C15H19NO2/c1-2-3-4-5-6-11-7-8-14-12(9-11)10-13(16)15(17)18-14/h7-10H,2-6,16H2,1H3. The molecule has 0 saturated heterocycles. The maximum atomic E-state index is 11.3. The fourth-order valence-electron chi connectivity index (χ4n) is 2.10. The summed E-state index contributed by atoms with van der Waals surface area (Å²) in [5.41, 5.74) is 7.15. The predicted octanol–water partition coefficient (Wildman–Crippen LogP) is 3.50. The van der Waals surface area contributed by atoms with E-state index in [1.165, 1.54) is 31.2 Å². The van der Waals surface area contributed by atoms with Gasteiger partial charge in [-0.3, -0.25) is 0 Å². The maximum absolute atomic E-state index is 11.3. The number of hydrogen-bond donors (Lipinski definition) is 1. The molecule has 0 aliphatic rings. The second-order valence-corrected chi connectivity index (χ2v) is 4.67. The van der Waals surface area contributed by atoms with Gasteiger partial charge in [0.15, 0.2) is 0 Å². The van der Waals surface area contributed by atoms with Crippen LogP contribution < -0.4 is 11.4 Å². The van der Waals surface area contributed by atoms with Crippen molar-refractivity contribution in [3.8, 4) is 0 Å². The number of rotatable bonds is 5. The Kier molecular flexibility index (Phi) is 4.03. The molecule has 96 valence electrons. The minimum atomic E-state index is -0.460. The van der Waals surface area contributed by atoms with Crippen LogP contribution in [-0.2, 0) is 6.42 Å². The molecule has 2 rings (SSSR count). The van der Waals surface area contributed by atoms with Crippen molar-refractivity contribution >= 4 is 16.7 Å². The number of benzene rings is 1. The monoisotopic (exact) mass is 245 g/mol. The normalized spacial score (nSPS) is 10.9. The van der Waals surface area contributed by atoms with Crippen molar-refractivity contribution in [2.24, 2.45) is 0 Å². The summed E-state index contributed by atoms with van der Waals surface area (Å²) in [6, 6.07) is 7.62. The van der Waals surface area contributed by atoms with Crippen molar-refractivity contribution in [1.82, 2.24) is 0 Å². The van der Waals surface area contributed by atoms with E-state index >= 15 is 0 Å². The first-order valence-corrected chi connectivity index (χ1v) is 6.53. The van der Waals surface area contributed by atoms with Crippen LogP contribution in [0.2, 0.25) is 0 Å².